The van der Waals surface area contributed by atoms with Crippen molar-refractivity contribution in [3.05, 3.63) is 514 Å². The molecule has 0 amide bonds. The number of quaternary nitrogens is 1. The fourth-order valence-corrected chi connectivity index (χ4v) is 22.6. The summed E-state index contributed by atoms with van der Waals surface area (Å²) in [7, 11) is 0. The molecule has 0 saturated carbocycles. The third kappa shape index (κ3) is 18.7. The molecule has 4 heteroatoms. The van der Waals surface area contributed by atoms with E-state index in [1.807, 2.05) is 0 Å². The minimum Gasteiger partial charge on any atom is -0.311 e. The van der Waals surface area contributed by atoms with Crippen molar-refractivity contribution in [1.29, 1.82) is 0 Å². The Labute approximate surface area is 850 Å². The van der Waals surface area contributed by atoms with Gasteiger partial charge >= 0.3 is 0 Å². The monoisotopic (exact) mass is 1860 g/mol. The van der Waals surface area contributed by atoms with Crippen LogP contribution in [0.25, 0.3) is 174 Å². The van der Waals surface area contributed by atoms with Gasteiger partial charge in [-0.1, -0.05) is 436 Å². The summed E-state index contributed by atoms with van der Waals surface area (Å²) >= 11 is 0. The minimum atomic E-state index is 0.511. The van der Waals surface area contributed by atoms with Gasteiger partial charge in [-0.05, 0) is 281 Å². The molecular weight excluding hydrogens is 1740 g/mol. The highest BCUT2D eigenvalue weighted by molar-refractivity contribution is 6.16. The summed E-state index contributed by atoms with van der Waals surface area (Å²) in [6, 6.07) is 183. The Hall–Kier alpha value is -16.8. The zero-order chi connectivity index (χ0) is 97.1. The molecule has 0 fully saturated rings. The summed E-state index contributed by atoms with van der Waals surface area (Å²) in [5.41, 5.74) is 43.9. The van der Waals surface area contributed by atoms with Crippen molar-refractivity contribution >= 4 is 91.6 Å². The highest BCUT2D eigenvalue weighted by Gasteiger charge is 2.47. The molecule has 1 aliphatic rings. The van der Waals surface area contributed by atoms with E-state index in [-0.39, 0.29) is 0 Å². The quantitative estimate of drug-likeness (QED) is 0.0300. The van der Waals surface area contributed by atoms with Crippen LogP contribution in [0.4, 0.5) is 45.5 Å². The van der Waals surface area contributed by atoms with Crippen LogP contribution in [0.15, 0.2) is 491 Å². The van der Waals surface area contributed by atoms with Crippen molar-refractivity contribution in [2.24, 2.45) is 11.8 Å². The van der Waals surface area contributed by atoms with Crippen molar-refractivity contribution in [3.8, 4) is 128 Å². The van der Waals surface area contributed by atoms with Crippen molar-refractivity contribution in [3.63, 3.8) is 0 Å². The molecule has 0 aliphatic carbocycles. The number of nitrogens with zero attached hydrogens (tertiary/aromatic N) is 4. The summed E-state index contributed by atoms with van der Waals surface area (Å²) in [5.74, 6) is 1.02. The Bertz CT molecular complexity index is 7900. The lowest BCUT2D eigenvalue weighted by atomic mass is 9.74. The van der Waals surface area contributed by atoms with Gasteiger partial charge in [0, 0.05) is 85.7 Å². The van der Waals surface area contributed by atoms with E-state index in [1.165, 1.54) is 139 Å². The van der Waals surface area contributed by atoms with Crippen LogP contribution in [0.5, 0.6) is 0 Å². The highest BCUT2D eigenvalue weighted by Crippen LogP contribution is 2.60. The van der Waals surface area contributed by atoms with Crippen LogP contribution in [-0.2, 0) is 0 Å². The maximum absolute atomic E-state index is 2.66. The first kappa shape index (κ1) is 92.3. The van der Waals surface area contributed by atoms with E-state index in [1.54, 1.807) is 0 Å². The summed E-state index contributed by atoms with van der Waals surface area (Å²) in [6.07, 6.45) is 18.6. The van der Waals surface area contributed by atoms with Crippen molar-refractivity contribution in [1.82, 2.24) is 9.05 Å². The number of para-hydroxylation sites is 4. The van der Waals surface area contributed by atoms with Crippen molar-refractivity contribution in [2.75, 3.05) is 22.9 Å². The van der Waals surface area contributed by atoms with Gasteiger partial charge in [-0.25, -0.2) is 0 Å². The van der Waals surface area contributed by atoms with Gasteiger partial charge in [0.05, 0.1) is 24.1 Å². The number of benzene rings is 20. The summed E-state index contributed by atoms with van der Waals surface area (Å²) in [6.45, 7) is 11.7. The predicted octanol–water partition coefficient (Wildman–Crippen LogP) is 39.8. The average Bonchev–Trinajstić information content (AvgIpc) is 0.911. The van der Waals surface area contributed by atoms with E-state index in [2.05, 4.69) is 558 Å². The molecule has 0 saturated heterocycles. The second-order valence-electron chi connectivity index (χ2n) is 38.7. The Balaban J connectivity index is 0.653. The maximum Gasteiger partial charge on any atom is 0.146 e. The molecule has 2 atom stereocenters. The number of aromatic nitrogens is 1. The molecule has 0 bridgehead atoms. The molecule has 21 aromatic rings. The van der Waals surface area contributed by atoms with Crippen molar-refractivity contribution in [2.45, 2.75) is 79.1 Å². The molecule has 2 unspecified atom stereocenters. The molecule has 0 N–H and O–H groups in total. The van der Waals surface area contributed by atoms with Crippen LogP contribution < -0.4 is 14.3 Å². The molecule has 0 radical (unpaired) electrons. The third-order valence-electron chi connectivity index (χ3n) is 29.8. The van der Waals surface area contributed by atoms with E-state index in [0.29, 0.717) is 11.8 Å². The largest absolute Gasteiger partial charge is 0.311 e. The fraction of sp³-hybridized carbons (Fsp3) is 0.114. The number of fused-ring (bicyclic) bond motifs is 6. The molecule has 698 valence electrons. The van der Waals surface area contributed by atoms with Gasteiger partial charge < -0.3 is 14.4 Å². The second kappa shape index (κ2) is 42.3. The first-order valence-corrected chi connectivity index (χ1v) is 51.8. The molecule has 0 spiro atoms. The van der Waals surface area contributed by atoms with E-state index in [4.69, 9.17) is 0 Å². The minimum absolute atomic E-state index is 0.511. The zero-order valence-electron chi connectivity index (χ0n) is 82.6. The Morgan fingerprint density at radius 3 is 0.910 bits per heavy atom. The number of hydrogen-bond acceptors (Lipinski definition) is 2. The van der Waals surface area contributed by atoms with Gasteiger partial charge in [-0.15, -0.1) is 0 Å². The summed E-state index contributed by atoms with van der Waals surface area (Å²) < 4.78 is 3.35. The van der Waals surface area contributed by atoms with Gasteiger partial charge in [-0.2, -0.15) is 0 Å². The smallest absolute Gasteiger partial charge is 0.146 e. The van der Waals surface area contributed by atoms with Crippen LogP contribution in [0.3, 0.4) is 0 Å². The van der Waals surface area contributed by atoms with Gasteiger partial charge in [-0.3, -0.25) is 4.48 Å². The first-order chi connectivity index (χ1) is 71.2. The van der Waals surface area contributed by atoms with Crippen LogP contribution in [0.2, 0.25) is 0 Å². The van der Waals surface area contributed by atoms with Gasteiger partial charge in [0.15, 0.2) is 0 Å². The first-order valence-electron chi connectivity index (χ1n) is 51.8. The molecule has 22 rings (SSSR count). The van der Waals surface area contributed by atoms with Gasteiger partial charge in [0.2, 0.25) is 0 Å². The number of hydrogen-bond donors (Lipinski definition) is 0. The van der Waals surface area contributed by atoms with Crippen LogP contribution >= 0.6 is 0 Å². The van der Waals surface area contributed by atoms with E-state index in [0.717, 1.165) is 148 Å². The highest BCUT2D eigenvalue weighted by atomic mass is 15.4. The summed E-state index contributed by atoms with van der Waals surface area (Å²) in [5, 5.41) is 2.40. The third-order valence-corrected chi connectivity index (χ3v) is 29.8. The Morgan fingerprint density at radius 2 is 0.521 bits per heavy atom. The lowest BCUT2D eigenvalue weighted by Crippen LogP contribution is -2.49. The SMILES string of the molecule is CCCCC(CC)C[N+]1(CC(CC)CCCC)c2cc(-c3ccc4c(c3)c3cc(-c5ccc(N(c6ccccc6)c6ccccc6)cc5)ccc3n4-c3ccc(-c4c(-c5ccccc5)c(-c5ccccc5)c(-c5ccccc5)c(-c5ccccc5)c4-c4ccccc4)cc3)ccc2-c2ccc(-c3ccccc3/C=C/c3ccc(/C=C/c4ccccc4-c4cccc(N(c5ccccc5)c5ccccc5)c4)cc3)cc21. The van der Waals surface area contributed by atoms with E-state index < -0.39 is 0 Å². The molecular formula is C140H119N4+. The average molecular weight is 1860 g/mol. The fourth-order valence-electron chi connectivity index (χ4n) is 22.6. The molecule has 2 heterocycles. The number of anilines is 6. The Kier molecular flexibility index (Phi) is 27.1. The molecule has 1 aromatic heterocycles. The van der Waals surface area contributed by atoms with E-state index >= 15 is 0 Å². The van der Waals surface area contributed by atoms with Gasteiger partial charge in [0.25, 0.3) is 0 Å². The lowest BCUT2D eigenvalue weighted by molar-refractivity contribution is 0.250. The molecule has 20 aromatic carbocycles. The van der Waals surface area contributed by atoms with Crippen LogP contribution in [-0.4, -0.2) is 17.7 Å². The number of unbranched alkanes of at least 4 members (excludes halogenated alkanes) is 2. The normalized spacial score (nSPS) is 13.2. The van der Waals surface area contributed by atoms with E-state index in [9.17, 15) is 0 Å². The topological polar surface area (TPSA) is 11.4 Å². The zero-order valence-corrected chi connectivity index (χ0v) is 82.6. The summed E-state index contributed by atoms with van der Waals surface area (Å²) in [4.78, 5) is 4.67. The molecule has 1 aliphatic heterocycles. The molecule has 144 heavy (non-hydrogen) atoms. The molecule has 4 nitrogen and oxygen atoms in total. The lowest BCUT2D eigenvalue weighted by Gasteiger charge is -2.40. The van der Waals surface area contributed by atoms with Gasteiger partial charge in [0.1, 0.15) is 11.4 Å². The Morgan fingerprint density at radius 1 is 0.229 bits per heavy atom. The predicted molar refractivity (Wildman–Crippen MR) is 618 cm³/mol. The van der Waals surface area contributed by atoms with Crippen molar-refractivity contribution < 1.29 is 0 Å². The standard InChI is InChI=1S/C140H119N4/c1-5-9-43-100(7-3)98-144(99-101(8-4)44-10-6-2)133-96-115(81-89-127(133)128-90-82-117(97-134(128)144)126-68-41-39-46-106(126)76-74-103-71-69-102(70-72-103)73-75-105-45-38-40-67-125(105)116-57-42-66-124(93-116)142(120-62-34-18-35-63-120)121-64-36-19-37-65-121)114-84-92-132-130(95-114)129-94-113(104-77-85-122(86-78-104)141(118-58-30-16-31-59-118)119-60-32-17-33-61-119)83-91-131(129)143(132)123-87-79-112(80-88-123)140-138(110-53-26-14-27-54-110)136(108-49-22-12-23-50-108)135(107-47-20-11-21-48-107)137(109-51-24-13-25-52-109)139(140)111-55-28-15-29-56-111/h11-42,45-97,100-101H,5-10,43-44,98-99H2,1-4H3/q+1/b75-73+,76-74+. The number of rotatable bonds is 33. The second-order valence-corrected chi connectivity index (χ2v) is 38.7. The van der Waals surface area contributed by atoms with Crippen LogP contribution in [0.1, 0.15) is 101 Å². The van der Waals surface area contributed by atoms with Crippen LogP contribution in [0, 0.1) is 11.8 Å². The maximum atomic E-state index is 2.66.